The average Bonchev–Trinajstić information content (AvgIpc) is 2.70. The molecule has 1 saturated heterocycles. The molecule has 0 radical (unpaired) electrons. The second kappa shape index (κ2) is 8.69. The van der Waals surface area contributed by atoms with Crippen LogP contribution < -0.4 is 5.32 Å². The van der Waals surface area contributed by atoms with Crippen LogP contribution in [-0.4, -0.2) is 64.8 Å². The molecule has 3 rings (SSSR count). The van der Waals surface area contributed by atoms with Gasteiger partial charge in [0.25, 0.3) is 5.91 Å². The van der Waals surface area contributed by atoms with Gasteiger partial charge < -0.3 is 19.9 Å². The molecule has 0 unspecified atom stereocenters. The molecule has 0 aliphatic carbocycles. The van der Waals surface area contributed by atoms with Gasteiger partial charge in [-0.2, -0.15) is 0 Å². The van der Waals surface area contributed by atoms with Gasteiger partial charge in [-0.05, 0) is 44.5 Å². The SMILES string of the molecule is CCOC(=O)N1CCN(C(=O)c2ccc(Nc3ccc(C)cc3C)nn2)CC1. The molecule has 1 aliphatic heterocycles. The molecule has 1 N–H and O–H groups in total. The Hall–Kier alpha value is -3.16. The summed E-state index contributed by atoms with van der Waals surface area (Å²) in [5.74, 6) is 0.393. The first-order valence-electron chi connectivity index (χ1n) is 9.37. The van der Waals surface area contributed by atoms with Crippen molar-refractivity contribution in [1.82, 2.24) is 20.0 Å². The minimum atomic E-state index is -0.337. The zero-order valence-electron chi connectivity index (χ0n) is 16.4. The number of carbonyl (C=O) groups is 2. The third-order valence-electron chi connectivity index (χ3n) is 4.62. The normalized spacial score (nSPS) is 14.0. The first-order chi connectivity index (χ1) is 13.5. The Labute approximate surface area is 164 Å². The maximum absolute atomic E-state index is 12.6. The van der Waals surface area contributed by atoms with Crippen molar-refractivity contribution in [3.63, 3.8) is 0 Å². The summed E-state index contributed by atoms with van der Waals surface area (Å²) in [4.78, 5) is 27.7. The number of rotatable bonds is 4. The zero-order valence-corrected chi connectivity index (χ0v) is 16.4. The van der Waals surface area contributed by atoms with Crippen LogP contribution in [0.25, 0.3) is 0 Å². The van der Waals surface area contributed by atoms with Crippen LogP contribution in [-0.2, 0) is 4.74 Å². The fourth-order valence-corrected chi connectivity index (χ4v) is 3.07. The van der Waals surface area contributed by atoms with E-state index >= 15 is 0 Å². The highest BCUT2D eigenvalue weighted by molar-refractivity contribution is 5.92. The summed E-state index contributed by atoms with van der Waals surface area (Å²) in [5.41, 5.74) is 3.55. The molecule has 0 bridgehead atoms. The molecule has 2 aromatic rings. The van der Waals surface area contributed by atoms with Gasteiger partial charge >= 0.3 is 6.09 Å². The quantitative estimate of drug-likeness (QED) is 0.873. The lowest BCUT2D eigenvalue weighted by Gasteiger charge is -2.33. The maximum atomic E-state index is 12.6. The summed E-state index contributed by atoms with van der Waals surface area (Å²) in [6.45, 7) is 7.98. The molecule has 2 heterocycles. The molecule has 1 aromatic heterocycles. The van der Waals surface area contributed by atoms with E-state index in [4.69, 9.17) is 4.74 Å². The van der Waals surface area contributed by atoms with E-state index in [1.54, 1.807) is 28.9 Å². The van der Waals surface area contributed by atoms with Gasteiger partial charge in [-0.25, -0.2) is 4.79 Å². The van der Waals surface area contributed by atoms with E-state index in [-0.39, 0.29) is 17.7 Å². The summed E-state index contributed by atoms with van der Waals surface area (Å²) in [6, 6.07) is 9.52. The van der Waals surface area contributed by atoms with Crippen molar-refractivity contribution < 1.29 is 14.3 Å². The number of anilines is 2. The van der Waals surface area contributed by atoms with E-state index in [2.05, 4.69) is 21.6 Å². The van der Waals surface area contributed by atoms with Crippen molar-refractivity contribution in [3.05, 3.63) is 47.2 Å². The molecule has 0 spiro atoms. The standard InChI is InChI=1S/C20H25N5O3/c1-4-28-20(27)25-11-9-24(10-12-25)19(26)17-7-8-18(23-22-17)21-16-6-5-14(2)13-15(16)3/h5-8,13H,4,9-12H2,1-3H3,(H,21,23). The van der Waals surface area contributed by atoms with E-state index in [0.717, 1.165) is 11.3 Å². The minimum Gasteiger partial charge on any atom is -0.450 e. The zero-order chi connectivity index (χ0) is 20.1. The molecular weight excluding hydrogens is 358 g/mol. The topological polar surface area (TPSA) is 87.7 Å². The maximum Gasteiger partial charge on any atom is 0.409 e. The second-order valence-corrected chi connectivity index (χ2v) is 6.73. The van der Waals surface area contributed by atoms with Crippen LogP contribution in [0.5, 0.6) is 0 Å². The van der Waals surface area contributed by atoms with Crippen molar-refractivity contribution in [1.29, 1.82) is 0 Å². The predicted molar refractivity (Wildman–Crippen MR) is 106 cm³/mol. The molecule has 28 heavy (non-hydrogen) atoms. The Bertz CT molecular complexity index is 845. The Kier molecular flexibility index (Phi) is 6.08. The number of hydrogen-bond acceptors (Lipinski definition) is 6. The van der Waals surface area contributed by atoms with Gasteiger partial charge in [0.1, 0.15) is 0 Å². The molecule has 148 valence electrons. The number of aromatic nitrogens is 2. The van der Waals surface area contributed by atoms with Crippen molar-refractivity contribution in [2.75, 3.05) is 38.1 Å². The van der Waals surface area contributed by atoms with Gasteiger partial charge in [0.15, 0.2) is 11.5 Å². The summed E-state index contributed by atoms with van der Waals surface area (Å²) in [7, 11) is 0. The number of nitrogens with zero attached hydrogens (tertiary/aromatic N) is 4. The van der Waals surface area contributed by atoms with Gasteiger partial charge in [0, 0.05) is 31.9 Å². The summed E-state index contributed by atoms with van der Waals surface area (Å²) < 4.78 is 4.99. The third kappa shape index (κ3) is 4.57. The second-order valence-electron chi connectivity index (χ2n) is 6.73. The van der Waals surface area contributed by atoms with Gasteiger partial charge in [-0.1, -0.05) is 17.7 Å². The van der Waals surface area contributed by atoms with E-state index in [9.17, 15) is 9.59 Å². The monoisotopic (exact) mass is 383 g/mol. The van der Waals surface area contributed by atoms with Crippen molar-refractivity contribution in [2.24, 2.45) is 0 Å². The third-order valence-corrected chi connectivity index (χ3v) is 4.62. The number of nitrogens with one attached hydrogen (secondary N) is 1. The highest BCUT2D eigenvalue weighted by Gasteiger charge is 2.26. The minimum absolute atomic E-state index is 0.186. The molecule has 2 amide bonds. The molecular formula is C20H25N5O3. The Morgan fingerprint density at radius 1 is 1.04 bits per heavy atom. The smallest absolute Gasteiger partial charge is 0.409 e. The molecule has 8 nitrogen and oxygen atoms in total. The van der Waals surface area contributed by atoms with Crippen LogP contribution in [0.1, 0.15) is 28.5 Å². The lowest BCUT2D eigenvalue weighted by atomic mass is 10.1. The fraction of sp³-hybridized carbons (Fsp3) is 0.400. The highest BCUT2D eigenvalue weighted by atomic mass is 16.6. The molecule has 1 aromatic carbocycles. The predicted octanol–water partition coefficient (Wildman–Crippen LogP) is 2.75. The van der Waals surface area contributed by atoms with Gasteiger partial charge in [0.05, 0.1) is 6.61 Å². The molecule has 1 aliphatic rings. The molecule has 1 fully saturated rings. The van der Waals surface area contributed by atoms with Crippen LogP contribution in [0, 0.1) is 13.8 Å². The van der Waals surface area contributed by atoms with Crippen LogP contribution >= 0.6 is 0 Å². The van der Waals surface area contributed by atoms with Crippen molar-refractivity contribution in [3.8, 4) is 0 Å². The molecule has 0 saturated carbocycles. The van der Waals surface area contributed by atoms with E-state index in [1.807, 2.05) is 26.0 Å². The van der Waals surface area contributed by atoms with Crippen LogP contribution in [0.15, 0.2) is 30.3 Å². The van der Waals surface area contributed by atoms with Crippen molar-refractivity contribution in [2.45, 2.75) is 20.8 Å². The first kappa shape index (κ1) is 19.6. The lowest BCUT2D eigenvalue weighted by Crippen LogP contribution is -2.50. The van der Waals surface area contributed by atoms with E-state index < -0.39 is 0 Å². The van der Waals surface area contributed by atoms with Crippen LogP contribution in [0.3, 0.4) is 0 Å². The number of aryl methyl sites for hydroxylation is 2. The van der Waals surface area contributed by atoms with Crippen LogP contribution in [0.2, 0.25) is 0 Å². The van der Waals surface area contributed by atoms with Gasteiger partial charge in [-0.15, -0.1) is 10.2 Å². The molecule has 8 heteroatoms. The largest absolute Gasteiger partial charge is 0.450 e. The first-order valence-corrected chi connectivity index (χ1v) is 9.37. The average molecular weight is 383 g/mol. The summed E-state index contributed by atoms with van der Waals surface area (Å²) in [5, 5.41) is 11.4. The molecule has 0 atom stereocenters. The van der Waals surface area contributed by atoms with E-state index in [1.165, 1.54) is 5.56 Å². The van der Waals surface area contributed by atoms with Crippen molar-refractivity contribution >= 4 is 23.5 Å². The number of carbonyl (C=O) groups excluding carboxylic acids is 2. The van der Waals surface area contributed by atoms with Gasteiger partial charge in [-0.3, -0.25) is 4.79 Å². The number of ether oxygens (including phenoxy) is 1. The fourth-order valence-electron chi connectivity index (χ4n) is 3.07. The summed E-state index contributed by atoms with van der Waals surface area (Å²) in [6.07, 6.45) is -0.337. The Balaban J connectivity index is 1.59. The van der Waals surface area contributed by atoms with Gasteiger partial charge in [0.2, 0.25) is 0 Å². The Morgan fingerprint density at radius 2 is 1.75 bits per heavy atom. The highest BCUT2D eigenvalue weighted by Crippen LogP contribution is 2.20. The van der Waals surface area contributed by atoms with Crippen LogP contribution in [0.4, 0.5) is 16.3 Å². The number of piperazine rings is 1. The van der Waals surface area contributed by atoms with E-state index in [0.29, 0.717) is 38.6 Å². The Morgan fingerprint density at radius 3 is 2.36 bits per heavy atom. The summed E-state index contributed by atoms with van der Waals surface area (Å²) >= 11 is 0. The number of hydrogen-bond donors (Lipinski definition) is 1. The number of amides is 2. The number of benzene rings is 1. The lowest BCUT2D eigenvalue weighted by molar-refractivity contribution is 0.0565.